The van der Waals surface area contributed by atoms with Gasteiger partial charge in [-0.25, -0.2) is 0 Å². The van der Waals surface area contributed by atoms with Crippen LogP contribution in [0.25, 0.3) is 0 Å². The molecule has 0 aromatic carbocycles. The first-order valence-electron chi connectivity index (χ1n) is 16.8. The van der Waals surface area contributed by atoms with Crippen molar-refractivity contribution in [3.8, 4) is 0 Å². The first kappa shape index (κ1) is 33.9. The van der Waals surface area contributed by atoms with Crippen molar-refractivity contribution in [3.63, 3.8) is 0 Å². The summed E-state index contributed by atoms with van der Waals surface area (Å²) in [7, 11) is 0. The van der Waals surface area contributed by atoms with Crippen molar-refractivity contribution in [2.24, 2.45) is 34.5 Å². The minimum absolute atomic E-state index is 0.0153. The van der Waals surface area contributed by atoms with Crippen molar-refractivity contribution in [1.82, 2.24) is 0 Å². The Balaban J connectivity index is 1.17. The van der Waals surface area contributed by atoms with E-state index >= 15 is 0 Å². The Bertz CT molecular complexity index is 1120. The number of rotatable bonds is 7. The van der Waals surface area contributed by atoms with Gasteiger partial charge < -0.3 is 54.7 Å². The molecule has 3 saturated carbocycles. The summed E-state index contributed by atoms with van der Waals surface area (Å²) in [6, 6.07) is 0. The van der Waals surface area contributed by atoms with Crippen molar-refractivity contribution in [2.45, 2.75) is 140 Å². The molecule has 2 saturated heterocycles. The van der Waals surface area contributed by atoms with Crippen molar-refractivity contribution in [1.29, 1.82) is 0 Å². The SMILES string of the molecule is CC(=O)[C@@H]1CC[C@@H]2[C@H]3CC=C4C[C@@H](O[C@@H]5O[C@H](CO)[C@@H](O)[C@H](O)[C@H]5O[C@@H]5O[C@H](CO)[C@@H](O)[C@H](O)[C@H]5O)CC[C@]4(C)[C@@H]3CC[C@@]21C. The molecule has 0 bridgehead atoms. The fourth-order valence-corrected chi connectivity index (χ4v) is 10.2. The van der Waals surface area contributed by atoms with Crippen LogP contribution in [0.4, 0.5) is 0 Å². The second-order valence-electron chi connectivity index (χ2n) is 15.1. The van der Waals surface area contributed by atoms with Crippen LogP contribution in [0.2, 0.25) is 0 Å². The molecule has 6 rings (SSSR count). The fourth-order valence-electron chi connectivity index (χ4n) is 10.2. The van der Waals surface area contributed by atoms with Crippen LogP contribution in [-0.2, 0) is 23.7 Å². The standard InChI is InChI=1S/C33H52O12/c1-15(36)19-6-7-20-18-5-4-16-12-17(8-10-32(16,2)21(18)9-11-33(19,20)3)42-31-29(27(40)25(38)23(14-35)44-31)45-30-28(41)26(39)24(37)22(13-34)43-30/h4,17-31,34-35,37-41H,5-14H2,1-3H3/t17-,18+,19-,20+,21+,22+,23+,24+,25+,26-,27-,28+,29+,30-,31+,32-,33+/m0/s1. The van der Waals surface area contributed by atoms with Crippen LogP contribution in [-0.4, -0.2) is 122 Å². The molecule has 2 heterocycles. The smallest absolute Gasteiger partial charge is 0.187 e. The van der Waals surface area contributed by atoms with E-state index in [1.807, 2.05) is 0 Å². The summed E-state index contributed by atoms with van der Waals surface area (Å²) in [6.45, 7) is 5.24. The zero-order chi connectivity index (χ0) is 32.4. The molecule has 0 radical (unpaired) electrons. The van der Waals surface area contributed by atoms with Gasteiger partial charge in [0, 0.05) is 5.92 Å². The van der Waals surface area contributed by atoms with Gasteiger partial charge in [-0.1, -0.05) is 25.5 Å². The molecule has 6 aliphatic rings. The number of ketones is 1. The zero-order valence-electron chi connectivity index (χ0n) is 26.5. The largest absolute Gasteiger partial charge is 0.394 e. The maximum Gasteiger partial charge on any atom is 0.187 e. The van der Waals surface area contributed by atoms with Crippen LogP contribution in [0.5, 0.6) is 0 Å². The maximum absolute atomic E-state index is 12.5. The number of hydrogen-bond donors (Lipinski definition) is 7. The molecule has 4 aliphatic carbocycles. The van der Waals surface area contributed by atoms with Crippen LogP contribution in [0.15, 0.2) is 11.6 Å². The van der Waals surface area contributed by atoms with Crippen LogP contribution in [0.3, 0.4) is 0 Å². The monoisotopic (exact) mass is 640 g/mol. The molecule has 12 heteroatoms. The molecule has 0 aromatic rings. The molecule has 0 amide bonds. The predicted octanol–water partition coefficient (Wildman–Crippen LogP) is 0.164. The van der Waals surface area contributed by atoms with Crippen molar-refractivity contribution in [3.05, 3.63) is 11.6 Å². The van der Waals surface area contributed by atoms with E-state index in [4.69, 9.17) is 18.9 Å². The van der Waals surface area contributed by atoms with Crippen molar-refractivity contribution in [2.75, 3.05) is 13.2 Å². The lowest BCUT2D eigenvalue weighted by Gasteiger charge is -2.58. The van der Waals surface area contributed by atoms with Gasteiger partial charge in [0.1, 0.15) is 54.6 Å². The minimum atomic E-state index is -1.72. The van der Waals surface area contributed by atoms with Gasteiger partial charge in [0.25, 0.3) is 0 Å². The van der Waals surface area contributed by atoms with Crippen LogP contribution >= 0.6 is 0 Å². The first-order valence-corrected chi connectivity index (χ1v) is 16.8. The van der Waals surface area contributed by atoms with E-state index in [0.29, 0.717) is 36.4 Å². The van der Waals surface area contributed by atoms with Gasteiger partial charge in [-0.3, -0.25) is 4.79 Å². The summed E-state index contributed by atoms with van der Waals surface area (Å²) < 4.78 is 23.7. The summed E-state index contributed by atoms with van der Waals surface area (Å²) in [5.41, 5.74) is 1.44. The quantitative estimate of drug-likeness (QED) is 0.187. The van der Waals surface area contributed by atoms with E-state index in [9.17, 15) is 40.5 Å². The number of aliphatic hydroxyl groups excluding tert-OH is 7. The highest BCUT2D eigenvalue weighted by Gasteiger charge is 2.60. The van der Waals surface area contributed by atoms with E-state index in [0.717, 1.165) is 38.5 Å². The Kier molecular flexibility index (Phi) is 9.61. The molecule has 256 valence electrons. The Hall–Kier alpha value is -1.03. The van der Waals surface area contributed by atoms with Crippen molar-refractivity contribution < 1.29 is 59.5 Å². The van der Waals surface area contributed by atoms with Gasteiger partial charge in [0.15, 0.2) is 12.6 Å². The summed E-state index contributed by atoms with van der Waals surface area (Å²) in [6.07, 6.45) is -5.13. The molecule has 45 heavy (non-hydrogen) atoms. The number of fused-ring (bicyclic) bond motifs is 5. The third kappa shape index (κ3) is 5.65. The third-order valence-electron chi connectivity index (χ3n) is 12.8. The van der Waals surface area contributed by atoms with Crippen molar-refractivity contribution >= 4 is 5.78 Å². The molecule has 17 atom stereocenters. The van der Waals surface area contributed by atoms with Gasteiger partial charge in [-0.05, 0) is 86.9 Å². The predicted molar refractivity (Wildman–Crippen MR) is 157 cm³/mol. The molecular formula is C33H52O12. The van der Waals surface area contributed by atoms with E-state index in [1.165, 1.54) is 5.57 Å². The summed E-state index contributed by atoms with van der Waals surface area (Å²) >= 11 is 0. The zero-order valence-corrected chi connectivity index (χ0v) is 26.5. The lowest BCUT2D eigenvalue weighted by molar-refractivity contribution is -0.372. The number of carbonyl (C=O) groups is 1. The number of allylic oxidation sites excluding steroid dienone is 1. The third-order valence-corrected chi connectivity index (χ3v) is 12.8. The average Bonchev–Trinajstić information content (AvgIpc) is 3.38. The van der Waals surface area contributed by atoms with E-state index in [-0.39, 0.29) is 22.9 Å². The number of hydrogen-bond acceptors (Lipinski definition) is 12. The molecule has 5 fully saturated rings. The molecule has 0 aromatic heterocycles. The second kappa shape index (κ2) is 12.8. The lowest BCUT2D eigenvalue weighted by atomic mass is 9.47. The molecule has 0 unspecified atom stereocenters. The fraction of sp³-hybridized carbons (Fsp3) is 0.909. The number of carbonyl (C=O) groups excluding carboxylic acids is 1. The summed E-state index contributed by atoms with van der Waals surface area (Å²) in [4.78, 5) is 12.5. The molecule has 7 N–H and O–H groups in total. The highest BCUT2D eigenvalue weighted by Crippen LogP contribution is 2.66. The Morgan fingerprint density at radius 1 is 0.822 bits per heavy atom. The number of aliphatic hydroxyl groups is 7. The second-order valence-corrected chi connectivity index (χ2v) is 15.1. The summed E-state index contributed by atoms with van der Waals surface area (Å²) in [5, 5.41) is 72.0. The summed E-state index contributed by atoms with van der Waals surface area (Å²) in [5.74, 6) is 2.13. The number of ether oxygens (including phenoxy) is 4. The maximum atomic E-state index is 12.5. The van der Waals surface area contributed by atoms with E-state index in [1.54, 1.807) is 6.92 Å². The van der Waals surface area contributed by atoms with Crippen LogP contribution < -0.4 is 0 Å². The highest BCUT2D eigenvalue weighted by atomic mass is 16.8. The van der Waals surface area contributed by atoms with Gasteiger partial charge in [0.2, 0.25) is 0 Å². The van der Waals surface area contributed by atoms with E-state index in [2.05, 4.69) is 19.9 Å². The van der Waals surface area contributed by atoms with Crippen LogP contribution in [0.1, 0.15) is 72.1 Å². The van der Waals surface area contributed by atoms with Gasteiger partial charge in [-0.15, -0.1) is 0 Å². The normalized spacial score (nSPS) is 53.2. The van der Waals surface area contributed by atoms with Gasteiger partial charge in [-0.2, -0.15) is 0 Å². The topological polar surface area (TPSA) is 196 Å². The number of Topliss-reactive ketones (excluding diaryl/α,β-unsaturated/α-hetero) is 1. The van der Waals surface area contributed by atoms with E-state index < -0.39 is 74.6 Å². The molecule has 12 nitrogen and oxygen atoms in total. The molecule has 2 aliphatic heterocycles. The Morgan fingerprint density at radius 3 is 2.16 bits per heavy atom. The van der Waals surface area contributed by atoms with Gasteiger partial charge in [0.05, 0.1) is 19.3 Å². The molecule has 0 spiro atoms. The van der Waals surface area contributed by atoms with Crippen LogP contribution in [0, 0.1) is 34.5 Å². The first-order chi connectivity index (χ1) is 21.3. The highest BCUT2D eigenvalue weighted by molar-refractivity contribution is 5.79. The Labute approximate surface area is 264 Å². The Morgan fingerprint density at radius 2 is 1.49 bits per heavy atom. The molecular weight excluding hydrogens is 588 g/mol. The minimum Gasteiger partial charge on any atom is -0.394 e. The lowest BCUT2D eigenvalue weighted by Crippen LogP contribution is -2.65. The average molecular weight is 641 g/mol. The van der Waals surface area contributed by atoms with Gasteiger partial charge >= 0.3 is 0 Å².